The predicted octanol–water partition coefficient (Wildman–Crippen LogP) is 3.68. The van der Waals surface area contributed by atoms with Gasteiger partial charge < -0.3 is 15.9 Å². The van der Waals surface area contributed by atoms with Crippen LogP contribution in [-0.2, 0) is 0 Å². The second-order valence-corrected chi connectivity index (χ2v) is 5.07. The molecule has 4 nitrogen and oxygen atoms in total. The summed E-state index contributed by atoms with van der Waals surface area (Å²) in [4.78, 5) is 12.2. The molecule has 0 aliphatic rings. The van der Waals surface area contributed by atoms with E-state index in [1.807, 2.05) is 0 Å². The molecule has 0 saturated heterocycles. The lowest BCUT2D eigenvalue weighted by atomic mass is 10.1. The highest BCUT2D eigenvalue weighted by molar-refractivity contribution is 5.92. The molecule has 2 aromatic carbocycles. The van der Waals surface area contributed by atoms with Crippen molar-refractivity contribution >= 4 is 28.4 Å². The Balaban J connectivity index is 2.40. The Bertz CT molecular complexity index is 1060. The molecule has 0 saturated carbocycles. The van der Waals surface area contributed by atoms with Crippen molar-refractivity contribution in [3.05, 3.63) is 64.1 Å². The summed E-state index contributed by atoms with van der Waals surface area (Å²) in [6.07, 6.45) is 0.927. The lowest BCUT2D eigenvalue weighted by Crippen LogP contribution is -2.09. The molecule has 1 heterocycles. The Morgan fingerprint density at radius 1 is 1.08 bits per heavy atom. The average molecular weight is 332 g/mol. The van der Waals surface area contributed by atoms with Crippen molar-refractivity contribution < 1.29 is 17.6 Å². The van der Waals surface area contributed by atoms with E-state index < -0.39 is 45.1 Å². The molecular weight excluding hydrogens is 321 g/mol. The number of hydrogen-bond donors (Lipinski definition) is 2. The van der Waals surface area contributed by atoms with E-state index in [-0.39, 0.29) is 17.0 Å². The number of halogens is 3. The minimum Gasteiger partial charge on any atom is -0.453 e. The number of hydrogen-bond acceptors (Lipinski definition) is 4. The second kappa shape index (κ2) is 5.45. The summed E-state index contributed by atoms with van der Waals surface area (Å²) in [6, 6.07) is 4.70. The maximum absolute atomic E-state index is 14.4. The van der Waals surface area contributed by atoms with E-state index in [9.17, 15) is 18.0 Å². The largest absolute Gasteiger partial charge is 0.453 e. The molecule has 24 heavy (non-hydrogen) atoms. The predicted molar refractivity (Wildman–Crippen MR) is 86.7 cm³/mol. The third-order valence-electron chi connectivity index (χ3n) is 3.61. The standard InChI is InChI=1S/C17H11F3N2O2/c1-2-8-14(19)16(22)13-11(23)6-12(24-17(13)15(8)20)7-3-4-10(21)9(18)5-7/h2-6H,1,21-22H2. The van der Waals surface area contributed by atoms with Crippen molar-refractivity contribution in [1.82, 2.24) is 0 Å². The second-order valence-electron chi connectivity index (χ2n) is 5.07. The Kier molecular flexibility index (Phi) is 3.56. The van der Waals surface area contributed by atoms with Gasteiger partial charge >= 0.3 is 0 Å². The van der Waals surface area contributed by atoms with E-state index in [2.05, 4.69) is 6.58 Å². The summed E-state index contributed by atoms with van der Waals surface area (Å²) >= 11 is 0. The van der Waals surface area contributed by atoms with Crippen LogP contribution in [0.2, 0.25) is 0 Å². The molecule has 4 N–H and O–H groups in total. The van der Waals surface area contributed by atoms with Crippen LogP contribution < -0.4 is 16.9 Å². The summed E-state index contributed by atoms with van der Waals surface area (Å²) in [6.45, 7) is 3.31. The SMILES string of the molecule is C=Cc1c(F)c(N)c2c(=O)cc(-c3ccc(N)c(F)c3)oc2c1F. The highest BCUT2D eigenvalue weighted by atomic mass is 19.1. The minimum absolute atomic E-state index is 0.0895. The highest BCUT2D eigenvalue weighted by Gasteiger charge is 2.21. The van der Waals surface area contributed by atoms with Crippen LogP contribution in [0.5, 0.6) is 0 Å². The Hall–Kier alpha value is -3.22. The van der Waals surface area contributed by atoms with Gasteiger partial charge in [0, 0.05) is 11.6 Å². The quantitative estimate of drug-likeness (QED) is 0.701. The first-order valence-electron chi connectivity index (χ1n) is 6.77. The smallest absolute Gasteiger partial charge is 0.195 e. The molecule has 0 radical (unpaired) electrons. The molecule has 0 spiro atoms. The summed E-state index contributed by atoms with van der Waals surface area (Å²) in [7, 11) is 0. The van der Waals surface area contributed by atoms with Crippen LogP contribution in [0.1, 0.15) is 5.56 Å². The lowest BCUT2D eigenvalue weighted by molar-refractivity contribution is 0.543. The summed E-state index contributed by atoms with van der Waals surface area (Å²) < 4.78 is 47.4. The summed E-state index contributed by atoms with van der Waals surface area (Å²) in [5, 5.41) is -0.421. The molecule has 0 amide bonds. The molecule has 3 rings (SSSR count). The molecule has 7 heteroatoms. The van der Waals surface area contributed by atoms with E-state index in [1.165, 1.54) is 12.1 Å². The van der Waals surface area contributed by atoms with Gasteiger partial charge in [0.05, 0.1) is 22.3 Å². The van der Waals surface area contributed by atoms with Crippen LogP contribution in [0, 0.1) is 17.5 Å². The number of nitrogens with two attached hydrogens (primary N) is 2. The van der Waals surface area contributed by atoms with Crippen molar-refractivity contribution in [3.63, 3.8) is 0 Å². The fraction of sp³-hybridized carbons (Fsp3) is 0. The Morgan fingerprint density at radius 3 is 2.42 bits per heavy atom. The first kappa shape index (κ1) is 15.7. The van der Waals surface area contributed by atoms with Gasteiger partial charge in [0.2, 0.25) is 0 Å². The maximum Gasteiger partial charge on any atom is 0.195 e. The number of anilines is 2. The molecule has 0 aliphatic heterocycles. The van der Waals surface area contributed by atoms with Gasteiger partial charge in [-0.3, -0.25) is 4.79 Å². The van der Waals surface area contributed by atoms with E-state index in [1.54, 1.807) is 0 Å². The summed E-state index contributed by atoms with van der Waals surface area (Å²) in [5.74, 6) is -3.03. The third-order valence-corrected chi connectivity index (χ3v) is 3.61. The monoisotopic (exact) mass is 332 g/mol. The molecule has 0 atom stereocenters. The van der Waals surface area contributed by atoms with Gasteiger partial charge in [0.15, 0.2) is 22.6 Å². The van der Waals surface area contributed by atoms with Crippen LogP contribution in [0.4, 0.5) is 24.5 Å². The van der Waals surface area contributed by atoms with Gasteiger partial charge in [0.1, 0.15) is 11.6 Å². The van der Waals surface area contributed by atoms with E-state index >= 15 is 0 Å². The molecule has 0 bridgehead atoms. The topological polar surface area (TPSA) is 82.2 Å². The van der Waals surface area contributed by atoms with Gasteiger partial charge in [-0.25, -0.2) is 13.2 Å². The van der Waals surface area contributed by atoms with Crippen LogP contribution >= 0.6 is 0 Å². The molecule has 3 aromatic rings. The fourth-order valence-electron chi connectivity index (χ4n) is 2.38. The fourth-order valence-corrected chi connectivity index (χ4v) is 2.38. The third kappa shape index (κ3) is 2.21. The normalized spacial score (nSPS) is 11.0. The number of rotatable bonds is 2. The van der Waals surface area contributed by atoms with E-state index in [0.29, 0.717) is 0 Å². The first-order chi connectivity index (χ1) is 11.3. The van der Waals surface area contributed by atoms with E-state index in [0.717, 1.165) is 18.2 Å². The zero-order chi connectivity index (χ0) is 17.6. The van der Waals surface area contributed by atoms with Gasteiger partial charge in [-0.15, -0.1) is 0 Å². The molecule has 122 valence electrons. The van der Waals surface area contributed by atoms with Crippen molar-refractivity contribution in [2.75, 3.05) is 11.5 Å². The molecule has 0 aliphatic carbocycles. The lowest BCUT2D eigenvalue weighted by Gasteiger charge is -2.10. The zero-order valence-electron chi connectivity index (χ0n) is 12.2. The number of nitrogen functional groups attached to an aromatic ring is 2. The molecule has 1 aromatic heterocycles. The average Bonchev–Trinajstić information content (AvgIpc) is 2.55. The van der Waals surface area contributed by atoms with Crippen molar-refractivity contribution in [1.29, 1.82) is 0 Å². The number of benzene rings is 2. The van der Waals surface area contributed by atoms with Gasteiger partial charge in [0.25, 0.3) is 0 Å². The first-order valence-corrected chi connectivity index (χ1v) is 6.77. The van der Waals surface area contributed by atoms with Crippen LogP contribution in [0.25, 0.3) is 28.4 Å². The Morgan fingerprint density at radius 2 is 1.79 bits per heavy atom. The van der Waals surface area contributed by atoms with Crippen molar-refractivity contribution in [2.45, 2.75) is 0 Å². The molecule has 0 unspecified atom stereocenters. The van der Waals surface area contributed by atoms with Crippen LogP contribution in [0.15, 0.2) is 40.1 Å². The summed E-state index contributed by atoms with van der Waals surface area (Å²) in [5.41, 5.74) is 8.71. The van der Waals surface area contributed by atoms with Gasteiger partial charge in [-0.2, -0.15) is 0 Å². The zero-order valence-corrected chi connectivity index (χ0v) is 12.2. The number of fused-ring (bicyclic) bond motifs is 1. The van der Waals surface area contributed by atoms with Crippen molar-refractivity contribution in [3.8, 4) is 11.3 Å². The highest BCUT2D eigenvalue weighted by Crippen LogP contribution is 2.32. The Labute approximate surface area is 133 Å². The molecular formula is C17H11F3N2O2. The van der Waals surface area contributed by atoms with Gasteiger partial charge in [-0.1, -0.05) is 12.7 Å². The van der Waals surface area contributed by atoms with Crippen molar-refractivity contribution in [2.24, 2.45) is 0 Å². The minimum atomic E-state index is -1.11. The van der Waals surface area contributed by atoms with Crippen LogP contribution in [0.3, 0.4) is 0 Å². The molecule has 0 fully saturated rings. The maximum atomic E-state index is 14.4. The van der Waals surface area contributed by atoms with E-state index in [4.69, 9.17) is 15.9 Å². The van der Waals surface area contributed by atoms with Gasteiger partial charge in [-0.05, 0) is 18.2 Å². The van der Waals surface area contributed by atoms with Crippen LogP contribution in [-0.4, -0.2) is 0 Å².